The van der Waals surface area contributed by atoms with Crippen LogP contribution in [0.1, 0.15) is 11.1 Å². The minimum atomic E-state index is -3.62. The highest BCUT2D eigenvalue weighted by atomic mass is 35.5. The van der Waals surface area contributed by atoms with Gasteiger partial charge in [0.2, 0.25) is 0 Å². The second kappa shape index (κ2) is 7.81. The summed E-state index contributed by atoms with van der Waals surface area (Å²) in [4.78, 5) is 0.228. The Morgan fingerprint density at radius 2 is 1.65 bits per heavy atom. The van der Waals surface area contributed by atoms with Crippen molar-refractivity contribution in [3.63, 3.8) is 0 Å². The Morgan fingerprint density at radius 3 is 2.35 bits per heavy atom. The molecule has 6 heteroatoms. The summed E-state index contributed by atoms with van der Waals surface area (Å²) in [6, 6.07) is 20.9. The van der Waals surface area contributed by atoms with Gasteiger partial charge in [-0.15, -0.1) is 0 Å². The molecule has 0 amide bonds. The molecule has 3 rings (SSSR count). The first-order valence-corrected chi connectivity index (χ1v) is 9.85. The molecule has 0 bridgehead atoms. The molecule has 0 radical (unpaired) electrons. The number of anilines is 1. The van der Waals surface area contributed by atoms with Crippen molar-refractivity contribution in [2.24, 2.45) is 0 Å². The zero-order chi connectivity index (χ0) is 18.6. The summed E-state index contributed by atoms with van der Waals surface area (Å²) in [5.74, 6) is 0.694. The lowest BCUT2D eigenvalue weighted by molar-refractivity contribution is 0.306. The van der Waals surface area contributed by atoms with Crippen LogP contribution in [0, 0.1) is 6.92 Å². The van der Waals surface area contributed by atoms with Crippen LogP contribution in [0.5, 0.6) is 5.75 Å². The van der Waals surface area contributed by atoms with Crippen LogP contribution >= 0.6 is 11.6 Å². The van der Waals surface area contributed by atoms with Crippen molar-refractivity contribution < 1.29 is 13.2 Å². The molecule has 26 heavy (non-hydrogen) atoms. The van der Waals surface area contributed by atoms with E-state index in [0.29, 0.717) is 23.1 Å². The third kappa shape index (κ3) is 4.77. The number of aryl methyl sites for hydroxylation is 1. The lowest BCUT2D eigenvalue weighted by Gasteiger charge is -2.11. The van der Waals surface area contributed by atoms with Crippen molar-refractivity contribution in [1.82, 2.24) is 0 Å². The molecule has 3 aromatic carbocycles. The normalized spacial score (nSPS) is 11.2. The first kappa shape index (κ1) is 18.3. The highest BCUT2D eigenvalue weighted by Gasteiger charge is 2.14. The number of benzene rings is 3. The summed E-state index contributed by atoms with van der Waals surface area (Å²) >= 11 is 5.85. The highest BCUT2D eigenvalue weighted by molar-refractivity contribution is 7.92. The molecule has 0 saturated carbocycles. The van der Waals surface area contributed by atoms with Crippen LogP contribution in [-0.2, 0) is 16.6 Å². The van der Waals surface area contributed by atoms with E-state index in [1.807, 2.05) is 13.0 Å². The van der Waals surface area contributed by atoms with E-state index in [1.165, 1.54) is 0 Å². The lowest BCUT2D eigenvalue weighted by atomic mass is 10.2. The second-order valence-corrected chi connectivity index (χ2v) is 7.98. The van der Waals surface area contributed by atoms with Crippen molar-refractivity contribution in [3.8, 4) is 5.75 Å². The Hall–Kier alpha value is -2.50. The number of halogens is 1. The van der Waals surface area contributed by atoms with Crippen molar-refractivity contribution in [1.29, 1.82) is 0 Å². The Kier molecular flexibility index (Phi) is 5.49. The molecular weight excluding hydrogens is 370 g/mol. The van der Waals surface area contributed by atoms with Gasteiger partial charge in [0.1, 0.15) is 12.4 Å². The average molecular weight is 388 g/mol. The molecular formula is C20H18ClNO3S. The van der Waals surface area contributed by atoms with Crippen LogP contribution in [-0.4, -0.2) is 8.42 Å². The van der Waals surface area contributed by atoms with E-state index in [1.54, 1.807) is 66.7 Å². The van der Waals surface area contributed by atoms with Crippen molar-refractivity contribution in [3.05, 3.63) is 88.9 Å². The number of hydrogen-bond acceptors (Lipinski definition) is 3. The van der Waals surface area contributed by atoms with Gasteiger partial charge in [-0.25, -0.2) is 8.42 Å². The fourth-order valence-corrected chi connectivity index (χ4v) is 3.53. The van der Waals surface area contributed by atoms with Gasteiger partial charge in [0.15, 0.2) is 0 Å². The van der Waals surface area contributed by atoms with Gasteiger partial charge >= 0.3 is 0 Å². The molecule has 0 aliphatic rings. The van der Waals surface area contributed by atoms with Gasteiger partial charge in [0.05, 0.1) is 4.90 Å². The molecule has 0 saturated heterocycles. The summed E-state index contributed by atoms with van der Waals surface area (Å²) < 4.78 is 33.3. The fourth-order valence-electron chi connectivity index (χ4n) is 2.35. The summed E-state index contributed by atoms with van der Waals surface area (Å²) in [6.45, 7) is 2.23. The minimum absolute atomic E-state index is 0.228. The van der Waals surface area contributed by atoms with E-state index in [-0.39, 0.29) is 4.90 Å². The van der Waals surface area contributed by atoms with E-state index in [9.17, 15) is 8.42 Å². The van der Waals surface area contributed by atoms with Crippen LogP contribution in [0.25, 0.3) is 0 Å². The maximum absolute atomic E-state index is 12.5. The van der Waals surface area contributed by atoms with E-state index in [2.05, 4.69) is 4.72 Å². The zero-order valence-corrected chi connectivity index (χ0v) is 15.7. The molecule has 0 aliphatic carbocycles. The molecule has 0 aromatic heterocycles. The monoisotopic (exact) mass is 387 g/mol. The summed E-state index contributed by atoms with van der Waals surface area (Å²) in [5, 5.41) is 0.643. The number of rotatable bonds is 6. The number of ether oxygens (including phenoxy) is 1. The fraction of sp³-hybridized carbons (Fsp3) is 0.100. The molecule has 0 atom stereocenters. The van der Waals surface area contributed by atoms with Gasteiger partial charge in [-0.1, -0.05) is 41.4 Å². The maximum atomic E-state index is 12.5. The van der Waals surface area contributed by atoms with Crippen LogP contribution in [0.15, 0.2) is 77.7 Å². The van der Waals surface area contributed by atoms with Gasteiger partial charge in [0.25, 0.3) is 10.0 Å². The molecule has 1 N–H and O–H groups in total. The van der Waals surface area contributed by atoms with E-state index in [0.717, 1.165) is 11.1 Å². The molecule has 0 spiro atoms. The standard InChI is InChI=1S/C20H18ClNO3S/c1-15-5-11-20(12-6-15)26(23,24)22-18-4-2-3-16(13-18)14-25-19-9-7-17(21)8-10-19/h2-13,22H,14H2,1H3. The number of sulfonamides is 1. The molecule has 0 unspecified atom stereocenters. The highest BCUT2D eigenvalue weighted by Crippen LogP contribution is 2.20. The van der Waals surface area contributed by atoms with Crippen molar-refractivity contribution >= 4 is 27.3 Å². The van der Waals surface area contributed by atoms with E-state index < -0.39 is 10.0 Å². The van der Waals surface area contributed by atoms with Gasteiger partial charge in [-0.05, 0) is 61.0 Å². The molecule has 0 heterocycles. The average Bonchev–Trinajstić information content (AvgIpc) is 2.61. The summed E-state index contributed by atoms with van der Waals surface area (Å²) in [6.07, 6.45) is 0. The summed E-state index contributed by atoms with van der Waals surface area (Å²) in [5.41, 5.74) is 2.34. The predicted octanol–water partition coefficient (Wildman–Crippen LogP) is 5.03. The first-order valence-electron chi connectivity index (χ1n) is 7.99. The third-order valence-electron chi connectivity index (χ3n) is 3.73. The number of hydrogen-bond donors (Lipinski definition) is 1. The number of nitrogens with one attached hydrogen (secondary N) is 1. The quantitative estimate of drug-likeness (QED) is 0.645. The van der Waals surface area contributed by atoms with Gasteiger partial charge in [-0.3, -0.25) is 4.72 Å². The molecule has 3 aromatic rings. The van der Waals surface area contributed by atoms with Gasteiger partial charge in [0, 0.05) is 10.7 Å². The van der Waals surface area contributed by atoms with Crippen molar-refractivity contribution in [2.75, 3.05) is 4.72 Å². The Labute approximate surface area is 158 Å². The van der Waals surface area contributed by atoms with Crippen LogP contribution in [0.3, 0.4) is 0 Å². The van der Waals surface area contributed by atoms with Gasteiger partial charge in [-0.2, -0.15) is 0 Å². The maximum Gasteiger partial charge on any atom is 0.261 e. The molecule has 0 aliphatic heterocycles. The zero-order valence-electron chi connectivity index (χ0n) is 14.1. The predicted molar refractivity (Wildman–Crippen MR) is 104 cm³/mol. The summed E-state index contributed by atoms with van der Waals surface area (Å²) in [7, 11) is -3.62. The van der Waals surface area contributed by atoms with Crippen LogP contribution in [0.2, 0.25) is 5.02 Å². The lowest BCUT2D eigenvalue weighted by Crippen LogP contribution is -2.13. The smallest absolute Gasteiger partial charge is 0.261 e. The first-order chi connectivity index (χ1) is 12.4. The van der Waals surface area contributed by atoms with E-state index >= 15 is 0 Å². The van der Waals surface area contributed by atoms with Crippen LogP contribution in [0.4, 0.5) is 5.69 Å². The topological polar surface area (TPSA) is 55.4 Å². The second-order valence-electron chi connectivity index (χ2n) is 5.86. The Balaban J connectivity index is 1.70. The minimum Gasteiger partial charge on any atom is -0.489 e. The largest absolute Gasteiger partial charge is 0.489 e. The van der Waals surface area contributed by atoms with Crippen LogP contribution < -0.4 is 9.46 Å². The molecule has 134 valence electrons. The van der Waals surface area contributed by atoms with Gasteiger partial charge < -0.3 is 4.74 Å². The van der Waals surface area contributed by atoms with Crippen molar-refractivity contribution in [2.45, 2.75) is 18.4 Å². The third-order valence-corrected chi connectivity index (χ3v) is 5.38. The SMILES string of the molecule is Cc1ccc(S(=O)(=O)Nc2cccc(COc3ccc(Cl)cc3)c2)cc1. The molecule has 4 nitrogen and oxygen atoms in total. The Bertz CT molecular complexity index is 984. The molecule has 0 fully saturated rings. The van der Waals surface area contributed by atoms with E-state index in [4.69, 9.17) is 16.3 Å². The Morgan fingerprint density at radius 1 is 0.962 bits per heavy atom.